The lowest BCUT2D eigenvalue weighted by molar-refractivity contribution is -0.141. The molecular weight excluding hydrogens is 606 g/mol. The second-order valence-corrected chi connectivity index (χ2v) is 10.7. The van der Waals surface area contributed by atoms with Gasteiger partial charge in [-0.05, 0) is 104 Å². The van der Waals surface area contributed by atoms with Crippen molar-refractivity contribution >= 4 is 5.71 Å². The third-order valence-electron chi connectivity index (χ3n) is 8.11. The first-order chi connectivity index (χ1) is 22.0. The summed E-state index contributed by atoms with van der Waals surface area (Å²) in [5.74, 6) is 0. The van der Waals surface area contributed by atoms with Crippen molar-refractivity contribution in [3.8, 4) is 56.9 Å². The summed E-state index contributed by atoms with van der Waals surface area (Å²) in [5.41, 5.74) is 5.35. The summed E-state index contributed by atoms with van der Waals surface area (Å²) in [6.07, 6.45) is -3.25. The normalized spacial score (nSPS) is 15.4. The van der Waals surface area contributed by atoms with Crippen molar-refractivity contribution in [1.82, 2.24) is 15.3 Å². The largest absolute Gasteiger partial charge is 0.433 e. The molecular formula is C34H16F6N6. The number of halogens is 6. The molecule has 12 heteroatoms. The van der Waals surface area contributed by atoms with Crippen LogP contribution in [0, 0.1) is 22.9 Å². The maximum atomic E-state index is 13.3. The predicted molar refractivity (Wildman–Crippen MR) is 156 cm³/mol. The highest BCUT2D eigenvalue weighted by atomic mass is 19.4. The number of aromatic nitrogens is 2. The van der Waals surface area contributed by atoms with Crippen molar-refractivity contribution in [3.05, 3.63) is 119 Å². The van der Waals surface area contributed by atoms with Crippen LogP contribution in [0.2, 0.25) is 0 Å². The molecule has 5 aromatic rings. The number of pyridine rings is 2. The number of nitrogens with one attached hydrogen (secondary N) is 1. The molecule has 0 saturated heterocycles. The zero-order chi connectivity index (χ0) is 32.4. The molecule has 0 bridgehead atoms. The molecule has 6 nitrogen and oxygen atoms in total. The van der Waals surface area contributed by atoms with Crippen LogP contribution in [-0.2, 0) is 12.4 Å². The van der Waals surface area contributed by atoms with Crippen LogP contribution in [0.25, 0.3) is 44.5 Å². The topological polar surface area (TPSA) is 97.8 Å². The molecule has 2 heterocycles. The van der Waals surface area contributed by atoms with E-state index in [0.29, 0.717) is 55.8 Å². The van der Waals surface area contributed by atoms with Gasteiger partial charge in [0.25, 0.3) is 0 Å². The molecule has 0 radical (unpaired) electrons. The standard InChI is InChI=1S/C34H16F6N6/c35-33(36,37)29-11-19(5-7-43-29)17-1-3-21-23-13-28-24(14-27(23)31(45-15-41)25(21)9-17)22-4-2-18(10-26(22)32(28)46-16-42)20-6-8-44-30(12-20)34(38,39)40/h1-14,31,45H/b46-32+. The van der Waals surface area contributed by atoms with Gasteiger partial charge in [-0.15, -0.1) is 0 Å². The average molecular weight is 623 g/mol. The highest BCUT2D eigenvalue weighted by Crippen LogP contribution is 2.50. The average Bonchev–Trinajstić information content (AvgIpc) is 3.50. The summed E-state index contributed by atoms with van der Waals surface area (Å²) in [5, 5.41) is 22.0. The highest BCUT2D eigenvalue weighted by molar-refractivity contribution is 6.26. The monoisotopic (exact) mass is 622 g/mol. The second kappa shape index (κ2) is 10.3. The van der Waals surface area contributed by atoms with E-state index in [-0.39, 0.29) is 0 Å². The number of hydrogen-bond acceptors (Lipinski definition) is 6. The third-order valence-corrected chi connectivity index (χ3v) is 8.11. The lowest BCUT2D eigenvalue weighted by Gasteiger charge is -2.14. The van der Waals surface area contributed by atoms with Gasteiger partial charge in [-0.2, -0.15) is 41.9 Å². The highest BCUT2D eigenvalue weighted by Gasteiger charge is 2.36. The molecule has 1 unspecified atom stereocenters. The molecule has 46 heavy (non-hydrogen) atoms. The summed E-state index contributed by atoms with van der Waals surface area (Å²) in [6, 6.07) is 18.3. The van der Waals surface area contributed by atoms with E-state index >= 15 is 0 Å². The van der Waals surface area contributed by atoms with Crippen LogP contribution in [0.15, 0.2) is 90.2 Å². The van der Waals surface area contributed by atoms with E-state index < -0.39 is 29.8 Å². The number of alkyl halides is 6. The molecule has 2 aliphatic carbocycles. The molecule has 0 saturated carbocycles. The van der Waals surface area contributed by atoms with E-state index in [2.05, 4.69) is 20.3 Å². The number of benzene rings is 3. The van der Waals surface area contributed by atoms with Gasteiger partial charge in [-0.25, -0.2) is 0 Å². The van der Waals surface area contributed by atoms with E-state index in [9.17, 15) is 36.9 Å². The van der Waals surface area contributed by atoms with Gasteiger partial charge in [0, 0.05) is 23.5 Å². The van der Waals surface area contributed by atoms with Crippen LogP contribution in [-0.4, -0.2) is 15.7 Å². The van der Waals surface area contributed by atoms with E-state index in [1.54, 1.807) is 36.4 Å². The third kappa shape index (κ3) is 4.63. The molecule has 7 rings (SSSR count). The molecule has 0 aliphatic heterocycles. The Morgan fingerprint density at radius 2 is 1.13 bits per heavy atom. The summed E-state index contributed by atoms with van der Waals surface area (Å²) in [7, 11) is 0. The van der Waals surface area contributed by atoms with Crippen LogP contribution < -0.4 is 5.32 Å². The van der Waals surface area contributed by atoms with Crippen molar-refractivity contribution in [2.24, 2.45) is 4.99 Å². The number of fused-ring (bicyclic) bond motifs is 6. The van der Waals surface area contributed by atoms with Gasteiger partial charge in [0.2, 0.25) is 6.19 Å². The Kier molecular flexibility index (Phi) is 6.42. The SMILES string of the molecule is N#C/N=C1\c2cc(-c3ccnc(C(F)(F)F)c3)ccc2-c2cc3c(cc21)-c1ccc(-c2ccnc(C(F)(F)F)c2)cc1C3NC#N. The quantitative estimate of drug-likeness (QED) is 0.122. The van der Waals surface area contributed by atoms with Gasteiger partial charge in [0.1, 0.15) is 11.4 Å². The fourth-order valence-corrected chi connectivity index (χ4v) is 6.12. The smallest absolute Gasteiger partial charge is 0.312 e. The maximum absolute atomic E-state index is 13.3. The van der Waals surface area contributed by atoms with Gasteiger partial charge >= 0.3 is 12.4 Å². The van der Waals surface area contributed by atoms with Crippen molar-refractivity contribution in [2.75, 3.05) is 0 Å². The van der Waals surface area contributed by atoms with Crippen molar-refractivity contribution in [1.29, 1.82) is 10.5 Å². The number of hydrogen-bond donors (Lipinski definition) is 1. The van der Waals surface area contributed by atoms with Crippen LogP contribution in [0.1, 0.15) is 39.7 Å². The fourth-order valence-electron chi connectivity index (χ4n) is 6.12. The van der Waals surface area contributed by atoms with Crippen LogP contribution in [0.3, 0.4) is 0 Å². The van der Waals surface area contributed by atoms with E-state index in [4.69, 9.17) is 0 Å². The van der Waals surface area contributed by atoms with Crippen molar-refractivity contribution in [3.63, 3.8) is 0 Å². The Hall–Kier alpha value is -6.01. The molecule has 2 aliphatic rings. The zero-order valence-electron chi connectivity index (χ0n) is 23.2. The molecule has 224 valence electrons. The summed E-state index contributed by atoms with van der Waals surface area (Å²) >= 11 is 0. The van der Waals surface area contributed by atoms with Crippen LogP contribution in [0.5, 0.6) is 0 Å². The fraction of sp³-hybridized carbons (Fsp3) is 0.0882. The Labute approximate surface area is 257 Å². The van der Waals surface area contributed by atoms with Crippen LogP contribution in [0.4, 0.5) is 26.3 Å². The molecule has 1 atom stereocenters. The Balaban J connectivity index is 1.34. The Morgan fingerprint density at radius 3 is 1.72 bits per heavy atom. The first-order valence-corrected chi connectivity index (χ1v) is 13.6. The minimum atomic E-state index is -4.62. The van der Waals surface area contributed by atoms with E-state index in [1.807, 2.05) is 24.5 Å². The molecule has 0 spiro atoms. The molecule has 2 aromatic heterocycles. The Bertz CT molecular complexity index is 2200. The molecule has 1 N–H and O–H groups in total. The molecule has 0 amide bonds. The summed E-state index contributed by atoms with van der Waals surface area (Å²) in [4.78, 5) is 10.9. The number of aliphatic imine (C=N–C) groups is 1. The van der Waals surface area contributed by atoms with Crippen molar-refractivity contribution < 1.29 is 26.3 Å². The lowest BCUT2D eigenvalue weighted by Crippen LogP contribution is -2.14. The first kappa shape index (κ1) is 28.7. The van der Waals surface area contributed by atoms with Gasteiger partial charge in [0.05, 0.1) is 11.8 Å². The lowest BCUT2D eigenvalue weighted by atomic mass is 9.96. The zero-order valence-corrected chi connectivity index (χ0v) is 23.2. The molecule has 0 fully saturated rings. The van der Waals surface area contributed by atoms with Gasteiger partial charge in [0.15, 0.2) is 6.19 Å². The maximum Gasteiger partial charge on any atom is 0.433 e. The second-order valence-electron chi connectivity index (χ2n) is 10.7. The van der Waals surface area contributed by atoms with E-state index in [0.717, 1.165) is 41.2 Å². The number of rotatable bonds is 3. The van der Waals surface area contributed by atoms with Gasteiger partial charge in [-0.1, -0.05) is 24.3 Å². The van der Waals surface area contributed by atoms with Gasteiger partial charge < -0.3 is 5.32 Å². The summed E-state index contributed by atoms with van der Waals surface area (Å²) in [6.45, 7) is 0. The van der Waals surface area contributed by atoms with Crippen molar-refractivity contribution in [2.45, 2.75) is 18.4 Å². The number of nitrogens with zero attached hydrogens (tertiary/aromatic N) is 5. The predicted octanol–water partition coefficient (Wildman–Crippen LogP) is 8.29. The van der Waals surface area contributed by atoms with Crippen LogP contribution >= 0.6 is 0 Å². The first-order valence-electron chi connectivity index (χ1n) is 13.6. The van der Waals surface area contributed by atoms with Gasteiger partial charge in [-0.3, -0.25) is 9.97 Å². The minimum Gasteiger partial charge on any atom is -0.312 e. The summed E-state index contributed by atoms with van der Waals surface area (Å²) < 4.78 is 80.0. The van der Waals surface area contributed by atoms with E-state index in [1.165, 1.54) is 12.1 Å². The Morgan fingerprint density at radius 1 is 0.587 bits per heavy atom. The number of nitriles is 2. The minimum absolute atomic E-state index is 0.291. The molecule has 3 aromatic carbocycles.